The van der Waals surface area contributed by atoms with Crippen LogP contribution in [0.3, 0.4) is 0 Å². The van der Waals surface area contributed by atoms with Crippen LogP contribution in [-0.4, -0.2) is 18.3 Å². The summed E-state index contributed by atoms with van der Waals surface area (Å²) in [5.41, 5.74) is 0. The van der Waals surface area contributed by atoms with Crippen LogP contribution in [0.5, 0.6) is 0 Å². The van der Waals surface area contributed by atoms with Crippen LogP contribution in [0.1, 0.15) is 32.1 Å². The lowest BCUT2D eigenvalue weighted by Gasteiger charge is -1.94. The van der Waals surface area contributed by atoms with Gasteiger partial charge in [-0.05, 0) is 12.8 Å². The summed E-state index contributed by atoms with van der Waals surface area (Å²) in [4.78, 5) is 0. The fourth-order valence-corrected chi connectivity index (χ4v) is 0.744. The first-order valence-electron chi connectivity index (χ1n) is 3.60. The molecule has 9 heavy (non-hydrogen) atoms. The van der Waals surface area contributed by atoms with Gasteiger partial charge >= 0.3 is 0 Å². The van der Waals surface area contributed by atoms with Gasteiger partial charge in [-0.25, -0.2) is 5.11 Å². The van der Waals surface area contributed by atoms with E-state index in [2.05, 4.69) is 0 Å². The van der Waals surface area contributed by atoms with Crippen LogP contribution in [-0.2, 0) is 5.11 Å². The highest BCUT2D eigenvalue weighted by atomic mass is 16.3. The topological polar surface area (TPSA) is 40.1 Å². The Bertz CT molecular complexity index is 40.2. The molecule has 0 aromatic rings. The van der Waals surface area contributed by atoms with Crippen molar-refractivity contribution in [3.8, 4) is 0 Å². The van der Waals surface area contributed by atoms with Crippen molar-refractivity contribution in [3.63, 3.8) is 0 Å². The summed E-state index contributed by atoms with van der Waals surface area (Å²) in [6, 6.07) is 0. The number of hydrogen-bond donors (Lipinski definition) is 1. The van der Waals surface area contributed by atoms with Crippen LogP contribution in [0.15, 0.2) is 0 Å². The molecular formula is C7H15O2. The molecule has 0 unspecified atom stereocenters. The zero-order chi connectivity index (χ0) is 6.95. The molecule has 0 aromatic carbocycles. The largest absolute Gasteiger partial charge is 0.396 e. The second-order valence-corrected chi connectivity index (χ2v) is 2.20. The van der Waals surface area contributed by atoms with E-state index in [9.17, 15) is 5.11 Å². The summed E-state index contributed by atoms with van der Waals surface area (Å²) < 4.78 is 0. The molecule has 0 fully saturated rings. The van der Waals surface area contributed by atoms with Gasteiger partial charge in [0.25, 0.3) is 0 Å². The molecule has 0 heterocycles. The van der Waals surface area contributed by atoms with Gasteiger partial charge in [-0.1, -0.05) is 19.3 Å². The molecule has 0 aliphatic rings. The van der Waals surface area contributed by atoms with E-state index in [4.69, 9.17) is 5.11 Å². The van der Waals surface area contributed by atoms with E-state index >= 15 is 0 Å². The molecule has 0 aliphatic heterocycles. The predicted octanol–water partition coefficient (Wildman–Crippen LogP) is 1.36. The van der Waals surface area contributed by atoms with Gasteiger partial charge in [-0.2, -0.15) is 0 Å². The molecule has 0 saturated carbocycles. The van der Waals surface area contributed by atoms with Gasteiger partial charge in [0.2, 0.25) is 0 Å². The van der Waals surface area contributed by atoms with Crippen molar-refractivity contribution in [3.05, 3.63) is 0 Å². The Morgan fingerprint density at radius 1 is 0.889 bits per heavy atom. The first kappa shape index (κ1) is 8.92. The number of aliphatic hydroxyl groups is 1. The minimum atomic E-state index is 0.0547. The van der Waals surface area contributed by atoms with Gasteiger partial charge in [0.1, 0.15) is 0 Å². The van der Waals surface area contributed by atoms with Crippen molar-refractivity contribution >= 4 is 0 Å². The summed E-state index contributed by atoms with van der Waals surface area (Å²) in [6.45, 7) is 0.344. The summed E-state index contributed by atoms with van der Waals surface area (Å²) in [6.07, 6.45) is 4.88. The van der Waals surface area contributed by atoms with Crippen LogP contribution in [0, 0.1) is 0 Å². The average Bonchev–Trinajstić information content (AvgIpc) is 1.89. The molecule has 0 bridgehead atoms. The zero-order valence-corrected chi connectivity index (χ0v) is 5.81. The minimum Gasteiger partial charge on any atom is -0.396 e. The van der Waals surface area contributed by atoms with Crippen molar-refractivity contribution in [1.29, 1.82) is 0 Å². The lowest BCUT2D eigenvalue weighted by molar-refractivity contribution is 0.185. The van der Waals surface area contributed by atoms with E-state index in [1.165, 1.54) is 0 Å². The van der Waals surface area contributed by atoms with Gasteiger partial charge < -0.3 is 5.11 Å². The lowest BCUT2D eigenvalue weighted by Crippen LogP contribution is -1.84. The van der Waals surface area contributed by atoms with E-state index in [-0.39, 0.29) is 13.2 Å². The quantitative estimate of drug-likeness (QED) is 0.543. The maximum atomic E-state index is 9.91. The van der Waals surface area contributed by atoms with Crippen molar-refractivity contribution in [2.75, 3.05) is 13.2 Å². The SMILES string of the molecule is [O]CCCCCCCO. The van der Waals surface area contributed by atoms with Crippen molar-refractivity contribution in [2.24, 2.45) is 0 Å². The van der Waals surface area contributed by atoms with Gasteiger partial charge in [0.15, 0.2) is 0 Å². The smallest absolute Gasteiger partial charge is 0.0822 e. The van der Waals surface area contributed by atoms with Gasteiger partial charge in [0, 0.05) is 6.61 Å². The number of rotatable bonds is 6. The van der Waals surface area contributed by atoms with Gasteiger partial charge in [0.05, 0.1) is 6.61 Å². The standard InChI is InChI=1S/C7H15O2/c8-6-4-2-1-3-5-7-9/h8H,1-7H2. The molecule has 0 spiro atoms. The summed E-state index contributed by atoms with van der Waals surface area (Å²) >= 11 is 0. The Labute approximate surface area is 56.5 Å². The normalized spacial score (nSPS) is 10.0. The summed E-state index contributed by atoms with van der Waals surface area (Å²) in [7, 11) is 0. The van der Waals surface area contributed by atoms with Crippen LogP contribution in [0.25, 0.3) is 0 Å². The first-order valence-corrected chi connectivity index (χ1v) is 3.60. The Balaban J connectivity index is 2.60. The third kappa shape index (κ3) is 7.92. The Hall–Kier alpha value is -0.0800. The van der Waals surface area contributed by atoms with E-state index in [0.29, 0.717) is 0 Å². The monoisotopic (exact) mass is 131 g/mol. The molecule has 2 heteroatoms. The van der Waals surface area contributed by atoms with Crippen LogP contribution in [0.4, 0.5) is 0 Å². The van der Waals surface area contributed by atoms with Crippen molar-refractivity contribution in [2.45, 2.75) is 32.1 Å². The van der Waals surface area contributed by atoms with Crippen molar-refractivity contribution < 1.29 is 10.2 Å². The van der Waals surface area contributed by atoms with Crippen molar-refractivity contribution in [1.82, 2.24) is 0 Å². The van der Waals surface area contributed by atoms with E-state index in [1.54, 1.807) is 0 Å². The first-order chi connectivity index (χ1) is 4.41. The molecule has 0 amide bonds. The molecule has 55 valence electrons. The highest BCUT2D eigenvalue weighted by Gasteiger charge is 1.87. The second kappa shape index (κ2) is 7.92. The number of aliphatic hydroxyl groups excluding tert-OH is 1. The minimum absolute atomic E-state index is 0.0547. The third-order valence-electron chi connectivity index (χ3n) is 1.30. The Morgan fingerprint density at radius 2 is 1.44 bits per heavy atom. The van der Waals surface area contributed by atoms with Crippen LogP contribution >= 0.6 is 0 Å². The molecule has 0 rings (SSSR count). The molecule has 0 aromatic heterocycles. The Kier molecular flexibility index (Phi) is 7.85. The molecule has 0 aliphatic carbocycles. The molecule has 1 radical (unpaired) electrons. The number of unbranched alkanes of at least 4 members (excludes halogenated alkanes) is 4. The fraction of sp³-hybridized carbons (Fsp3) is 1.00. The maximum Gasteiger partial charge on any atom is 0.0822 e. The third-order valence-corrected chi connectivity index (χ3v) is 1.30. The van der Waals surface area contributed by atoms with E-state index in [1.807, 2.05) is 0 Å². The average molecular weight is 131 g/mol. The zero-order valence-electron chi connectivity index (χ0n) is 5.81. The van der Waals surface area contributed by atoms with Crippen LogP contribution in [0.2, 0.25) is 0 Å². The highest BCUT2D eigenvalue weighted by Crippen LogP contribution is 2.00. The molecule has 2 nitrogen and oxygen atoms in total. The van der Waals surface area contributed by atoms with Crippen LogP contribution < -0.4 is 0 Å². The number of hydrogen-bond acceptors (Lipinski definition) is 1. The lowest BCUT2D eigenvalue weighted by atomic mass is 10.2. The molecule has 0 atom stereocenters. The van der Waals surface area contributed by atoms with E-state index < -0.39 is 0 Å². The van der Waals surface area contributed by atoms with Gasteiger partial charge in [-0.15, -0.1) is 0 Å². The fourth-order valence-electron chi connectivity index (χ4n) is 0.744. The summed E-state index contributed by atoms with van der Waals surface area (Å²) in [5.74, 6) is 0. The summed E-state index contributed by atoms with van der Waals surface area (Å²) in [5, 5.41) is 18.3. The van der Waals surface area contributed by atoms with E-state index in [0.717, 1.165) is 32.1 Å². The molecule has 0 saturated heterocycles. The predicted molar refractivity (Wildman–Crippen MR) is 35.7 cm³/mol. The second-order valence-electron chi connectivity index (χ2n) is 2.20. The molecule has 1 N–H and O–H groups in total. The van der Waals surface area contributed by atoms with Gasteiger partial charge in [-0.3, -0.25) is 0 Å². The maximum absolute atomic E-state index is 9.91. The highest BCUT2D eigenvalue weighted by molar-refractivity contribution is 4.41. The Morgan fingerprint density at radius 3 is 2.00 bits per heavy atom. The molecular weight excluding hydrogens is 116 g/mol.